The fourth-order valence-corrected chi connectivity index (χ4v) is 0.402. The highest BCUT2D eigenvalue weighted by molar-refractivity contribution is 5.77. The monoisotopic (exact) mass is 146 g/mol. The minimum atomic E-state index is -1.58. The molecular formula is C6H10O4. The Morgan fingerprint density at radius 2 is 1.90 bits per heavy atom. The Hall–Kier alpha value is -0.870. The van der Waals surface area contributed by atoms with Crippen LogP contribution >= 0.6 is 0 Å². The number of aliphatic carboxylic acids is 1. The zero-order valence-corrected chi connectivity index (χ0v) is 5.45. The van der Waals surface area contributed by atoms with E-state index in [-0.39, 0.29) is 0 Å². The Labute approximate surface area is 58.4 Å². The number of rotatable bonds is 4. The van der Waals surface area contributed by atoms with Crippen LogP contribution in [0.25, 0.3) is 0 Å². The molecule has 0 saturated carbocycles. The van der Waals surface area contributed by atoms with E-state index in [1.54, 1.807) is 0 Å². The molecule has 0 atom stereocenters. The molecule has 58 valence electrons. The van der Waals surface area contributed by atoms with E-state index in [2.05, 4.69) is 6.58 Å². The molecule has 0 aliphatic carbocycles. The summed E-state index contributed by atoms with van der Waals surface area (Å²) in [5.41, 5.74) is -1.58. The van der Waals surface area contributed by atoms with Crippen molar-refractivity contribution in [3.8, 4) is 0 Å². The molecule has 0 bridgehead atoms. The molecule has 0 heterocycles. The Morgan fingerprint density at radius 1 is 1.50 bits per heavy atom. The molecule has 3 N–H and O–H groups in total. The third kappa shape index (κ3) is 1.34. The summed E-state index contributed by atoms with van der Waals surface area (Å²) in [6.07, 6.45) is 1.02. The summed E-state index contributed by atoms with van der Waals surface area (Å²) in [7, 11) is 0. The second-order valence-electron chi connectivity index (χ2n) is 1.98. The van der Waals surface area contributed by atoms with Crippen LogP contribution in [-0.4, -0.2) is 34.5 Å². The first-order valence-electron chi connectivity index (χ1n) is 2.71. The Morgan fingerprint density at radius 3 is 1.90 bits per heavy atom. The van der Waals surface area contributed by atoms with Crippen LogP contribution in [0.1, 0.15) is 0 Å². The van der Waals surface area contributed by atoms with Gasteiger partial charge in [-0.2, -0.15) is 0 Å². The first-order valence-corrected chi connectivity index (χ1v) is 2.71. The van der Waals surface area contributed by atoms with Gasteiger partial charge in [-0.1, -0.05) is 6.08 Å². The molecule has 0 unspecified atom stereocenters. The maximum Gasteiger partial charge on any atom is 0.318 e. The van der Waals surface area contributed by atoms with Crippen molar-refractivity contribution in [3.63, 3.8) is 0 Å². The largest absolute Gasteiger partial charge is 0.480 e. The SMILES string of the molecule is C=CC(CO)(CO)C(=O)O. The number of hydrogen-bond donors (Lipinski definition) is 3. The van der Waals surface area contributed by atoms with Crippen LogP contribution in [0.15, 0.2) is 12.7 Å². The van der Waals surface area contributed by atoms with Gasteiger partial charge >= 0.3 is 5.97 Å². The smallest absolute Gasteiger partial charge is 0.318 e. The standard InChI is InChI=1S/C6H10O4/c1-2-6(3-7,4-8)5(9)10/h2,7-8H,1,3-4H2,(H,9,10). The van der Waals surface area contributed by atoms with Gasteiger partial charge in [0.15, 0.2) is 0 Å². The van der Waals surface area contributed by atoms with Gasteiger partial charge in [0.1, 0.15) is 5.41 Å². The minimum Gasteiger partial charge on any atom is -0.480 e. The number of aliphatic hydroxyl groups is 2. The summed E-state index contributed by atoms with van der Waals surface area (Å²) >= 11 is 0. The van der Waals surface area contributed by atoms with E-state index >= 15 is 0 Å². The highest BCUT2D eigenvalue weighted by atomic mass is 16.4. The van der Waals surface area contributed by atoms with E-state index in [0.29, 0.717) is 0 Å². The van der Waals surface area contributed by atoms with Crippen LogP contribution in [0.3, 0.4) is 0 Å². The fraction of sp³-hybridized carbons (Fsp3) is 0.500. The molecule has 0 spiro atoms. The van der Waals surface area contributed by atoms with Crippen LogP contribution in [0.4, 0.5) is 0 Å². The first kappa shape index (κ1) is 9.13. The van der Waals surface area contributed by atoms with Crippen molar-refractivity contribution >= 4 is 5.97 Å². The number of hydrogen-bond acceptors (Lipinski definition) is 3. The molecule has 4 nitrogen and oxygen atoms in total. The lowest BCUT2D eigenvalue weighted by Gasteiger charge is -2.18. The van der Waals surface area contributed by atoms with Crippen molar-refractivity contribution in [2.24, 2.45) is 5.41 Å². The number of carboxylic acids is 1. The third-order valence-corrected chi connectivity index (χ3v) is 1.38. The molecule has 0 rings (SSSR count). The summed E-state index contributed by atoms with van der Waals surface area (Å²) in [6.45, 7) is 1.92. The zero-order valence-electron chi connectivity index (χ0n) is 5.45. The molecule has 0 saturated heterocycles. The molecule has 0 aliphatic rings. The highest BCUT2D eigenvalue weighted by Gasteiger charge is 2.33. The normalized spacial score (nSPS) is 11.0. The van der Waals surface area contributed by atoms with Gasteiger partial charge < -0.3 is 15.3 Å². The summed E-state index contributed by atoms with van der Waals surface area (Å²) in [5, 5.41) is 25.5. The van der Waals surface area contributed by atoms with E-state index < -0.39 is 24.6 Å². The van der Waals surface area contributed by atoms with Crippen LogP contribution in [-0.2, 0) is 4.79 Å². The molecule has 0 aromatic carbocycles. The topological polar surface area (TPSA) is 77.8 Å². The van der Waals surface area contributed by atoms with Crippen molar-refractivity contribution in [1.82, 2.24) is 0 Å². The Balaban J connectivity index is 4.46. The van der Waals surface area contributed by atoms with Gasteiger partial charge in [0.05, 0.1) is 13.2 Å². The quantitative estimate of drug-likeness (QED) is 0.455. The summed E-state index contributed by atoms with van der Waals surface area (Å²) in [4.78, 5) is 10.3. The molecule has 0 amide bonds. The van der Waals surface area contributed by atoms with Gasteiger partial charge in [0.2, 0.25) is 0 Å². The lowest BCUT2D eigenvalue weighted by atomic mass is 9.91. The fourth-order valence-electron chi connectivity index (χ4n) is 0.402. The molecule has 4 heteroatoms. The maximum atomic E-state index is 10.3. The molecule has 0 aromatic rings. The van der Waals surface area contributed by atoms with Crippen molar-refractivity contribution in [2.75, 3.05) is 13.2 Å². The van der Waals surface area contributed by atoms with Gasteiger partial charge in [0.25, 0.3) is 0 Å². The van der Waals surface area contributed by atoms with E-state index in [1.807, 2.05) is 0 Å². The second kappa shape index (κ2) is 3.34. The number of carbonyl (C=O) groups is 1. The molecule has 0 fully saturated rings. The summed E-state index contributed by atoms with van der Waals surface area (Å²) < 4.78 is 0. The van der Waals surface area contributed by atoms with Crippen molar-refractivity contribution in [3.05, 3.63) is 12.7 Å². The average Bonchev–Trinajstić information content (AvgIpc) is 1.92. The van der Waals surface area contributed by atoms with Crippen molar-refractivity contribution in [2.45, 2.75) is 0 Å². The molecule has 0 aliphatic heterocycles. The first-order chi connectivity index (χ1) is 4.63. The van der Waals surface area contributed by atoms with Gasteiger partial charge in [-0.05, 0) is 0 Å². The summed E-state index contributed by atoms with van der Waals surface area (Å²) in [6, 6.07) is 0. The molecule has 10 heavy (non-hydrogen) atoms. The van der Waals surface area contributed by atoms with Gasteiger partial charge in [0, 0.05) is 0 Å². The molecular weight excluding hydrogens is 136 g/mol. The van der Waals surface area contributed by atoms with Crippen LogP contribution in [0.5, 0.6) is 0 Å². The third-order valence-electron chi connectivity index (χ3n) is 1.38. The summed E-state index contributed by atoms with van der Waals surface area (Å²) in [5.74, 6) is -1.27. The van der Waals surface area contributed by atoms with Crippen molar-refractivity contribution in [1.29, 1.82) is 0 Å². The predicted octanol–water partition coefficient (Wildman–Crippen LogP) is -0.772. The van der Waals surface area contributed by atoms with E-state index in [1.165, 1.54) is 0 Å². The van der Waals surface area contributed by atoms with E-state index in [0.717, 1.165) is 6.08 Å². The second-order valence-corrected chi connectivity index (χ2v) is 1.98. The maximum absolute atomic E-state index is 10.3. The minimum absolute atomic E-state index is 0.637. The molecule has 0 aromatic heterocycles. The van der Waals surface area contributed by atoms with E-state index in [9.17, 15) is 4.79 Å². The van der Waals surface area contributed by atoms with Gasteiger partial charge in [-0.25, -0.2) is 0 Å². The van der Waals surface area contributed by atoms with Gasteiger partial charge in [-0.3, -0.25) is 4.79 Å². The number of aliphatic hydroxyl groups excluding tert-OH is 2. The Kier molecular flexibility index (Phi) is 3.05. The lowest BCUT2D eigenvalue weighted by Crippen LogP contribution is -2.36. The van der Waals surface area contributed by atoms with Crippen LogP contribution < -0.4 is 0 Å². The zero-order chi connectivity index (χ0) is 8.20. The lowest BCUT2D eigenvalue weighted by molar-refractivity contribution is -0.150. The van der Waals surface area contributed by atoms with E-state index in [4.69, 9.17) is 15.3 Å². The van der Waals surface area contributed by atoms with Crippen LogP contribution in [0, 0.1) is 5.41 Å². The van der Waals surface area contributed by atoms with Gasteiger partial charge in [-0.15, -0.1) is 6.58 Å². The van der Waals surface area contributed by atoms with Crippen LogP contribution in [0.2, 0.25) is 0 Å². The Bertz CT molecular complexity index is 137. The van der Waals surface area contributed by atoms with Crippen molar-refractivity contribution < 1.29 is 20.1 Å². The highest BCUT2D eigenvalue weighted by Crippen LogP contribution is 2.16. The average molecular weight is 146 g/mol. The molecule has 0 radical (unpaired) electrons. The predicted molar refractivity (Wildman–Crippen MR) is 34.4 cm³/mol. The number of carboxylic acid groups (broad SMARTS) is 1.